The number of hydrogen-bond donors (Lipinski definition) is 2. The van der Waals surface area contributed by atoms with Crippen molar-refractivity contribution in [3.05, 3.63) is 41.4 Å². The molecule has 0 bridgehead atoms. The molecule has 0 unspecified atom stereocenters. The predicted molar refractivity (Wildman–Crippen MR) is 84.5 cm³/mol. The third kappa shape index (κ3) is 2.80. The van der Waals surface area contributed by atoms with E-state index in [1.54, 1.807) is 12.2 Å². The molecule has 2 N–H and O–H groups in total. The summed E-state index contributed by atoms with van der Waals surface area (Å²) in [6, 6.07) is 0. The summed E-state index contributed by atoms with van der Waals surface area (Å²) in [5, 5.41) is 18.7. The maximum absolute atomic E-state index is 9.34. The number of terminal acetylenes is 1. The van der Waals surface area contributed by atoms with E-state index in [-0.39, 0.29) is 0 Å². The van der Waals surface area contributed by atoms with E-state index in [1.807, 2.05) is 26.8 Å². The van der Waals surface area contributed by atoms with Crippen LogP contribution in [-0.4, -0.2) is 17.2 Å². The van der Waals surface area contributed by atoms with E-state index in [0.717, 1.165) is 5.57 Å². The van der Waals surface area contributed by atoms with Crippen molar-refractivity contribution in [3.63, 3.8) is 0 Å². The number of hydrogen-bond acceptors (Lipinski definition) is 3. The minimum Gasteiger partial charge on any atom is -0.456 e. The molecule has 1 aliphatic rings. The molecule has 0 saturated heterocycles. The zero-order valence-electron chi connectivity index (χ0n) is 12.1. The molecule has 0 fully saturated rings. The Bertz CT molecular complexity index is 598. The first-order valence-corrected chi connectivity index (χ1v) is 6.61. The number of furan rings is 1. The maximum atomic E-state index is 9.34. The average molecular weight is 270 g/mol. The first-order valence-electron chi connectivity index (χ1n) is 6.61. The molecule has 1 aromatic heterocycles. The van der Waals surface area contributed by atoms with Crippen molar-refractivity contribution in [1.29, 1.82) is 0 Å². The van der Waals surface area contributed by atoms with E-state index >= 15 is 0 Å². The van der Waals surface area contributed by atoms with Crippen molar-refractivity contribution in [2.45, 2.75) is 27.2 Å². The van der Waals surface area contributed by atoms with Gasteiger partial charge in [0.2, 0.25) is 0 Å². The van der Waals surface area contributed by atoms with Gasteiger partial charge >= 0.3 is 7.12 Å². The quantitative estimate of drug-likeness (QED) is 0.641. The zero-order chi connectivity index (χ0) is 15.3. The zero-order valence-corrected chi connectivity index (χ0v) is 12.1. The van der Waals surface area contributed by atoms with Gasteiger partial charge in [0, 0.05) is 11.0 Å². The molecule has 0 amide bonds. The van der Waals surface area contributed by atoms with Crippen LogP contribution >= 0.6 is 0 Å². The van der Waals surface area contributed by atoms with Gasteiger partial charge < -0.3 is 14.5 Å². The number of allylic oxidation sites excluding steroid dienone is 3. The predicted octanol–water partition coefficient (Wildman–Crippen LogP) is 3.13. The summed E-state index contributed by atoms with van der Waals surface area (Å²) < 4.78 is 5.63. The van der Waals surface area contributed by atoms with E-state index in [0.29, 0.717) is 34.5 Å². The molecule has 1 aromatic rings. The largest absolute Gasteiger partial charge is 0.491 e. The van der Waals surface area contributed by atoms with E-state index in [9.17, 15) is 10.0 Å². The van der Waals surface area contributed by atoms with Crippen LogP contribution in [0.4, 0.5) is 0 Å². The van der Waals surface area contributed by atoms with Crippen LogP contribution in [0.1, 0.15) is 49.8 Å². The highest BCUT2D eigenvalue weighted by molar-refractivity contribution is 6.66. The van der Waals surface area contributed by atoms with Crippen LogP contribution in [0.15, 0.2) is 23.1 Å². The Morgan fingerprint density at radius 3 is 2.60 bits per heavy atom. The van der Waals surface area contributed by atoms with Crippen LogP contribution in [0.3, 0.4) is 0 Å². The van der Waals surface area contributed by atoms with Crippen LogP contribution in [0.2, 0.25) is 0 Å². The molecule has 20 heavy (non-hydrogen) atoms. The fraction of sp³-hybridized carbons (Fsp3) is 0.250. The van der Waals surface area contributed by atoms with E-state index in [4.69, 9.17) is 10.8 Å². The van der Waals surface area contributed by atoms with Crippen molar-refractivity contribution in [2.24, 2.45) is 0 Å². The summed E-state index contributed by atoms with van der Waals surface area (Å²) in [7, 11) is -1.58. The SMILES string of the molecule is C#Cc1c(/C=C\C)oc2c1C(=C)CC=C2B(O)O.CC. The van der Waals surface area contributed by atoms with Gasteiger partial charge in [-0.25, -0.2) is 0 Å². The smallest absolute Gasteiger partial charge is 0.456 e. The molecule has 0 atom stereocenters. The summed E-state index contributed by atoms with van der Waals surface area (Å²) in [4.78, 5) is 0. The molecule has 0 spiro atoms. The molecule has 1 aliphatic carbocycles. The molecule has 0 aliphatic heterocycles. The van der Waals surface area contributed by atoms with Crippen LogP contribution in [0, 0.1) is 12.3 Å². The third-order valence-electron chi connectivity index (χ3n) is 2.86. The van der Waals surface area contributed by atoms with Crippen LogP contribution < -0.4 is 0 Å². The Morgan fingerprint density at radius 1 is 1.45 bits per heavy atom. The van der Waals surface area contributed by atoms with Crippen molar-refractivity contribution in [1.82, 2.24) is 0 Å². The highest BCUT2D eigenvalue weighted by Gasteiger charge is 2.30. The normalized spacial score (nSPS) is 13.2. The lowest BCUT2D eigenvalue weighted by atomic mass is 9.72. The standard InChI is InChI=1S/C14H13BO3.C2H6/c1-4-6-12-10(5-2)13-9(3)7-8-11(15(16)17)14(13)18-12;1-2/h2,4,6,8,16-17H,3,7H2,1H3;1-2H3/b6-4-;. The molecule has 0 aromatic carbocycles. The fourth-order valence-electron chi connectivity index (χ4n) is 2.05. The maximum Gasteiger partial charge on any atom is 0.491 e. The molecule has 4 heteroatoms. The van der Waals surface area contributed by atoms with Gasteiger partial charge in [0.1, 0.15) is 11.5 Å². The average Bonchev–Trinajstić information content (AvgIpc) is 2.80. The molecular weight excluding hydrogens is 251 g/mol. The van der Waals surface area contributed by atoms with Crippen molar-refractivity contribution >= 4 is 24.2 Å². The van der Waals surface area contributed by atoms with Crippen molar-refractivity contribution in [3.8, 4) is 12.3 Å². The Kier molecular flexibility index (Phi) is 5.63. The third-order valence-corrected chi connectivity index (χ3v) is 2.86. The van der Waals surface area contributed by atoms with Gasteiger partial charge in [-0.3, -0.25) is 0 Å². The summed E-state index contributed by atoms with van der Waals surface area (Å²) in [6.07, 6.45) is 11.3. The Hall–Kier alpha value is -1.96. The second-order valence-electron chi connectivity index (χ2n) is 4.03. The Balaban J connectivity index is 0.000000956. The molecule has 0 saturated carbocycles. The minimum atomic E-state index is -1.58. The van der Waals surface area contributed by atoms with Gasteiger partial charge in [-0.2, -0.15) is 0 Å². The number of fused-ring (bicyclic) bond motifs is 1. The van der Waals surface area contributed by atoms with Gasteiger partial charge in [0.05, 0.1) is 5.56 Å². The lowest BCUT2D eigenvalue weighted by Gasteiger charge is -2.13. The number of rotatable bonds is 2. The van der Waals surface area contributed by atoms with E-state index in [2.05, 4.69) is 12.5 Å². The summed E-state index contributed by atoms with van der Waals surface area (Å²) in [5.74, 6) is 3.53. The fourth-order valence-corrected chi connectivity index (χ4v) is 2.05. The Labute approximate surface area is 120 Å². The Morgan fingerprint density at radius 2 is 2.10 bits per heavy atom. The second-order valence-corrected chi connectivity index (χ2v) is 4.03. The molecular formula is C16H19BO3. The first kappa shape index (κ1) is 16.1. The van der Waals surface area contributed by atoms with Crippen LogP contribution in [0.5, 0.6) is 0 Å². The first-order chi connectivity index (χ1) is 9.60. The highest BCUT2D eigenvalue weighted by Crippen LogP contribution is 2.39. The molecule has 2 rings (SSSR count). The lowest BCUT2D eigenvalue weighted by Crippen LogP contribution is -2.16. The minimum absolute atomic E-state index is 0.338. The second kappa shape index (κ2) is 7.00. The van der Waals surface area contributed by atoms with Gasteiger partial charge in [-0.05, 0) is 25.0 Å². The summed E-state index contributed by atoms with van der Waals surface area (Å²) in [5.41, 5.74) is 2.47. The molecule has 3 nitrogen and oxygen atoms in total. The monoisotopic (exact) mass is 270 g/mol. The van der Waals surface area contributed by atoms with Gasteiger partial charge in [0.25, 0.3) is 0 Å². The van der Waals surface area contributed by atoms with Gasteiger partial charge in [0.15, 0.2) is 0 Å². The van der Waals surface area contributed by atoms with Gasteiger partial charge in [-0.15, -0.1) is 6.42 Å². The highest BCUT2D eigenvalue weighted by atomic mass is 16.4. The van der Waals surface area contributed by atoms with Crippen molar-refractivity contribution in [2.75, 3.05) is 0 Å². The molecule has 104 valence electrons. The van der Waals surface area contributed by atoms with Gasteiger partial charge in [-0.1, -0.05) is 38.5 Å². The van der Waals surface area contributed by atoms with Crippen molar-refractivity contribution < 1.29 is 14.5 Å². The lowest BCUT2D eigenvalue weighted by molar-refractivity contribution is 0.424. The van der Waals surface area contributed by atoms with E-state index < -0.39 is 7.12 Å². The van der Waals surface area contributed by atoms with Crippen LogP contribution in [-0.2, 0) is 0 Å². The summed E-state index contributed by atoms with van der Waals surface area (Å²) in [6.45, 7) is 9.80. The molecule has 0 radical (unpaired) electrons. The van der Waals surface area contributed by atoms with E-state index in [1.165, 1.54) is 0 Å². The van der Waals surface area contributed by atoms with Crippen LogP contribution in [0.25, 0.3) is 17.1 Å². The summed E-state index contributed by atoms with van der Waals surface area (Å²) >= 11 is 0. The topological polar surface area (TPSA) is 53.6 Å². The molecule has 1 heterocycles.